The molecule has 0 aliphatic rings. The maximum absolute atomic E-state index is 11.6. The molecular formula is C15H14N4O2. The Kier molecular flexibility index (Phi) is 4.14. The molecule has 0 aliphatic heterocycles. The maximum Gasteiger partial charge on any atom is 0.266 e. The highest BCUT2D eigenvalue weighted by molar-refractivity contribution is 5.56. The van der Waals surface area contributed by atoms with Crippen LogP contribution in [0.25, 0.3) is 0 Å². The Hall–Kier alpha value is -2.94. The standard InChI is InChI=1S/C15H14N4O2/c1-9-11(8-16)15(20)17-10(2)14(9)19-18-12-6-4-5-7-13(12)21-3/h4-7H,1-3H3,(H,17,20). The molecule has 0 atom stereocenters. The number of aromatic nitrogens is 1. The zero-order valence-electron chi connectivity index (χ0n) is 12.0. The van der Waals surface area contributed by atoms with E-state index in [9.17, 15) is 4.79 Å². The molecule has 2 rings (SSSR count). The van der Waals surface area contributed by atoms with Gasteiger partial charge in [-0.1, -0.05) is 12.1 Å². The van der Waals surface area contributed by atoms with Gasteiger partial charge in [-0.2, -0.15) is 5.26 Å². The molecule has 106 valence electrons. The first-order valence-corrected chi connectivity index (χ1v) is 6.26. The minimum Gasteiger partial charge on any atom is -0.494 e. The molecule has 6 nitrogen and oxygen atoms in total. The average Bonchev–Trinajstić information content (AvgIpc) is 2.47. The number of ether oxygens (including phenoxy) is 1. The van der Waals surface area contributed by atoms with Gasteiger partial charge in [0.2, 0.25) is 0 Å². The molecule has 0 amide bonds. The Labute approximate surface area is 121 Å². The number of methoxy groups -OCH3 is 1. The lowest BCUT2D eigenvalue weighted by Gasteiger charge is -2.06. The van der Waals surface area contributed by atoms with Crippen molar-refractivity contribution in [1.82, 2.24) is 4.98 Å². The Morgan fingerprint density at radius 3 is 2.62 bits per heavy atom. The van der Waals surface area contributed by atoms with Gasteiger partial charge in [-0.15, -0.1) is 10.2 Å². The molecule has 1 N–H and O–H groups in total. The molecule has 0 spiro atoms. The normalized spacial score (nSPS) is 10.6. The highest BCUT2D eigenvalue weighted by Gasteiger charge is 2.11. The van der Waals surface area contributed by atoms with Gasteiger partial charge < -0.3 is 9.72 Å². The lowest BCUT2D eigenvalue weighted by molar-refractivity contribution is 0.416. The predicted octanol–water partition coefficient (Wildman–Crippen LogP) is 3.29. The van der Waals surface area contributed by atoms with Gasteiger partial charge in [0.15, 0.2) is 0 Å². The van der Waals surface area contributed by atoms with Crippen LogP contribution < -0.4 is 10.3 Å². The van der Waals surface area contributed by atoms with Crippen molar-refractivity contribution >= 4 is 11.4 Å². The van der Waals surface area contributed by atoms with E-state index in [1.165, 1.54) is 0 Å². The van der Waals surface area contributed by atoms with Crippen LogP contribution in [-0.4, -0.2) is 12.1 Å². The van der Waals surface area contributed by atoms with Crippen molar-refractivity contribution in [2.24, 2.45) is 10.2 Å². The highest BCUT2D eigenvalue weighted by atomic mass is 16.5. The summed E-state index contributed by atoms with van der Waals surface area (Å²) in [5, 5.41) is 17.3. The minimum absolute atomic E-state index is 0.0505. The molecule has 21 heavy (non-hydrogen) atoms. The number of nitriles is 1. The number of pyridine rings is 1. The molecule has 2 aromatic rings. The van der Waals surface area contributed by atoms with E-state index in [0.29, 0.717) is 28.4 Å². The second-order valence-corrected chi connectivity index (χ2v) is 4.41. The third kappa shape index (κ3) is 2.82. The zero-order chi connectivity index (χ0) is 15.4. The van der Waals surface area contributed by atoms with Crippen LogP contribution in [-0.2, 0) is 0 Å². The summed E-state index contributed by atoms with van der Waals surface area (Å²) in [7, 11) is 1.55. The van der Waals surface area contributed by atoms with Crippen LogP contribution >= 0.6 is 0 Å². The Balaban J connectivity index is 2.52. The van der Waals surface area contributed by atoms with Gasteiger partial charge in [-0.3, -0.25) is 4.79 Å². The van der Waals surface area contributed by atoms with E-state index in [0.717, 1.165) is 0 Å². The van der Waals surface area contributed by atoms with Crippen molar-refractivity contribution in [3.63, 3.8) is 0 Å². The van der Waals surface area contributed by atoms with Gasteiger partial charge >= 0.3 is 0 Å². The quantitative estimate of drug-likeness (QED) is 0.876. The molecule has 1 aromatic carbocycles. The van der Waals surface area contributed by atoms with Crippen LogP contribution in [0.5, 0.6) is 5.75 Å². The lowest BCUT2D eigenvalue weighted by Crippen LogP contribution is -2.13. The second-order valence-electron chi connectivity index (χ2n) is 4.41. The fraction of sp³-hybridized carbons (Fsp3) is 0.200. The van der Waals surface area contributed by atoms with E-state index in [4.69, 9.17) is 10.00 Å². The number of aromatic amines is 1. The first-order valence-electron chi connectivity index (χ1n) is 6.26. The molecule has 0 bridgehead atoms. The van der Waals surface area contributed by atoms with E-state index >= 15 is 0 Å². The molecule has 1 aromatic heterocycles. The fourth-order valence-electron chi connectivity index (χ4n) is 1.96. The Bertz CT molecular complexity index is 800. The van der Waals surface area contributed by atoms with Crippen molar-refractivity contribution in [3.05, 3.63) is 51.4 Å². The van der Waals surface area contributed by atoms with Crippen LogP contribution in [0.2, 0.25) is 0 Å². The molecule has 0 saturated heterocycles. The highest BCUT2D eigenvalue weighted by Crippen LogP contribution is 2.30. The summed E-state index contributed by atoms with van der Waals surface area (Å²) in [5.41, 5.74) is 1.77. The predicted molar refractivity (Wildman–Crippen MR) is 78.4 cm³/mol. The summed E-state index contributed by atoms with van der Waals surface area (Å²) in [4.78, 5) is 14.2. The summed E-state index contributed by atoms with van der Waals surface area (Å²) >= 11 is 0. The van der Waals surface area contributed by atoms with Crippen molar-refractivity contribution in [2.75, 3.05) is 7.11 Å². The van der Waals surface area contributed by atoms with E-state index in [1.54, 1.807) is 33.1 Å². The van der Waals surface area contributed by atoms with Crippen molar-refractivity contribution < 1.29 is 4.74 Å². The van der Waals surface area contributed by atoms with Crippen LogP contribution in [0, 0.1) is 25.2 Å². The number of benzene rings is 1. The minimum atomic E-state index is -0.413. The second kappa shape index (κ2) is 6.01. The van der Waals surface area contributed by atoms with Crippen LogP contribution in [0.1, 0.15) is 16.8 Å². The molecule has 0 radical (unpaired) electrons. The fourth-order valence-corrected chi connectivity index (χ4v) is 1.96. The third-order valence-corrected chi connectivity index (χ3v) is 3.07. The van der Waals surface area contributed by atoms with E-state index in [2.05, 4.69) is 15.2 Å². The van der Waals surface area contributed by atoms with E-state index < -0.39 is 5.56 Å². The Morgan fingerprint density at radius 2 is 1.95 bits per heavy atom. The summed E-state index contributed by atoms with van der Waals surface area (Å²) in [6, 6.07) is 9.09. The molecular weight excluding hydrogens is 268 g/mol. The molecule has 1 heterocycles. The molecule has 0 fully saturated rings. The monoisotopic (exact) mass is 282 g/mol. The van der Waals surface area contributed by atoms with Crippen LogP contribution in [0.3, 0.4) is 0 Å². The van der Waals surface area contributed by atoms with Crippen molar-refractivity contribution in [3.8, 4) is 11.8 Å². The van der Waals surface area contributed by atoms with Crippen molar-refractivity contribution in [1.29, 1.82) is 5.26 Å². The number of aryl methyl sites for hydroxylation is 1. The summed E-state index contributed by atoms with van der Waals surface area (Å²) in [5.74, 6) is 0.599. The van der Waals surface area contributed by atoms with Gasteiger partial charge in [-0.25, -0.2) is 0 Å². The summed E-state index contributed by atoms with van der Waals surface area (Å²) in [6.07, 6.45) is 0. The zero-order valence-corrected chi connectivity index (χ0v) is 12.0. The number of azo groups is 1. The van der Waals surface area contributed by atoms with E-state index in [1.807, 2.05) is 18.2 Å². The summed E-state index contributed by atoms with van der Waals surface area (Å²) < 4.78 is 5.19. The average molecular weight is 282 g/mol. The van der Waals surface area contributed by atoms with Crippen molar-refractivity contribution in [2.45, 2.75) is 13.8 Å². The van der Waals surface area contributed by atoms with Gasteiger partial charge in [0.1, 0.15) is 28.8 Å². The molecule has 0 aliphatic carbocycles. The number of nitrogens with one attached hydrogen (secondary N) is 1. The van der Waals surface area contributed by atoms with Gasteiger partial charge in [0.25, 0.3) is 5.56 Å². The van der Waals surface area contributed by atoms with Gasteiger partial charge in [-0.05, 0) is 26.0 Å². The molecule has 0 unspecified atom stereocenters. The topological polar surface area (TPSA) is 90.6 Å². The number of hydrogen-bond acceptors (Lipinski definition) is 5. The van der Waals surface area contributed by atoms with E-state index in [-0.39, 0.29) is 5.56 Å². The summed E-state index contributed by atoms with van der Waals surface area (Å²) in [6.45, 7) is 3.39. The lowest BCUT2D eigenvalue weighted by atomic mass is 10.1. The number of para-hydroxylation sites is 1. The molecule has 6 heteroatoms. The van der Waals surface area contributed by atoms with Crippen LogP contribution in [0.4, 0.5) is 11.4 Å². The Morgan fingerprint density at radius 1 is 1.24 bits per heavy atom. The third-order valence-electron chi connectivity index (χ3n) is 3.07. The van der Waals surface area contributed by atoms with Gasteiger partial charge in [0.05, 0.1) is 7.11 Å². The number of H-pyrrole nitrogens is 1. The van der Waals surface area contributed by atoms with Crippen LogP contribution in [0.15, 0.2) is 39.3 Å². The molecule has 0 saturated carbocycles. The first kappa shape index (κ1) is 14.5. The SMILES string of the molecule is COc1ccccc1N=Nc1c(C)[nH]c(=O)c(C#N)c1C. The number of nitrogens with zero attached hydrogens (tertiary/aromatic N) is 3. The smallest absolute Gasteiger partial charge is 0.266 e. The number of rotatable bonds is 3. The van der Waals surface area contributed by atoms with Gasteiger partial charge in [0, 0.05) is 11.3 Å². The maximum atomic E-state index is 11.6. The largest absolute Gasteiger partial charge is 0.494 e. The number of hydrogen-bond donors (Lipinski definition) is 1. The first-order chi connectivity index (χ1) is 10.1.